The number of rotatable bonds is 2. The summed E-state index contributed by atoms with van der Waals surface area (Å²) < 4.78 is 20.2. The lowest BCUT2D eigenvalue weighted by atomic mass is 10.6. The SMILES string of the molecule is Cn1ncc([N+](=O)[O-])c1S(=O)O. The van der Waals surface area contributed by atoms with Gasteiger partial charge in [-0.2, -0.15) is 5.10 Å². The van der Waals surface area contributed by atoms with E-state index in [1.807, 2.05) is 0 Å². The molecule has 0 radical (unpaired) electrons. The summed E-state index contributed by atoms with van der Waals surface area (Å²) in [5.74, 6) is 0. The van der Waals surface area contributed by atoms with E-state index in [1.165, 1.54) is 7.05 Å². The van der Waals surface area contributed by atoms with Gasteiger partial charge in [-0.1, -0.05) is 0 Å². The van der Waals surface area contributed by atoms with Crippen molar-refractivity contribution in [3.63, 3.8) is 0 Å². The van der Waals surface area contributed by atoms with Gasteiger partial charge < -0.3 is 4.55 Å². The molecule has 1 N–H and O–H groups in total. The Balaban J connectivity index is 3.31. The van der Waals surface area contributed by atoms with Gasteiger partial charge in [0.25, 0.3) is 0 Å². The number of nitro groups is 1. The highest BCUT2D eigenvalue weighted by atomic mass is 32.2. The first-order valence-electron chi connectivity index (χ1n) is 2.81. The van der Waals surface area contributed by atoms with E-state index < -0.39 is 21.7 Å². The van der Waals surface area contributed by atoms with E-state index in [0.717, 1.165) is 10.9 Å². The summed E-state index contributed by atoms with van der Waals surface area (Å²) in [6, 6.07) is 0. The molecule has 1 heterocycles. The summed E-state index contributed by atoms with van der Waals surface area (Å²) in [5, 5.41) is 13.4. The maximum atomic E-state index is 10.6. The van der Waals surface area contributed by atoms with E-state index in [-0.39, 0.29) is 5.03 Å². The van der Waals surface area contributed by atoms with Gasteiger partial charge in [-0.3, -0.25) is 14.8 Å². The summed E-state index contributed by atoms with van der Waals surface area (Å²) in [4.78, 5) is 9.49. The molecule has 0 bridgehead atoms. The first kappa shape index (κ1) is 8.81. The molecule has 0 aromatic carbocycles. The van der Waals surface area contributed by atoms with Crippen LogP contribution in [0.5, 0.6) is 0 Å². The minimum absolute atomic E-state index is 0.306. The fraction of sp³-hybridized carbons (Fsp3) is 0.250. The van der Waals surface area contributed by atoms with Crippen molar-refractivity contribution in [3.8, 4) is 0 Å². The van der Waals surface area contributed by atoms with Crippen LogP contribution in [0.2, 0.25) is 0 Å². The highest BCUT2D eigenvalue weighted by molar-refractivity contribution is 7.79. The summed E-state index contributed by atoms with van der Waals surface area (Å²) in [5.41, 5.74) is -0.446. The molecular formula is C4H5N3O4S. The summed E-state index contributed by atoms with van der Waals surface area (Å²) >= 11 is -2.38. The smallest absolute Gasteiger partial charge is 0.301 e. The second-order valence-corrected chi connectivity index (χ2v) is 2.85. The van der Waals surface area contributed by atoms with E-state index in [4.69, 9.17) is 4.55 Å². The van der Waals surface area contributed by atoms with Crippen LogP contribution in [0.1, 0.15) is 0 Å². The van der Waals surface area contributed by atoms with E-state index in [2.05, 4.69) is 5.10 Å². The van der Waals surface area contributed by atoms with Gasteiger partial charge in [0.05, 0.1) is 4.92 Å². The second kappa shape index (κ2) is 2.99. The van der Waals surface area contributed by atoms with Crippen LogP contribution >= 0.6 is 0 Å². The molecule has 0 fully saturated rings. The van der Waals surface area contributed by atoms with E-state index in [0.29, 0.717) is 0 Å². The summed E-state index contributed by atoms with van der Waals surface area (Å²) in [6.45, 7) is 0. The van der Waals surface area contributed by atoms with Crippen LogP contribution < -0.4 is 0 Å². The molecule has 0 saturated heterocycles. The monoisotopic (exact) mass is 191 g/mol. The van der Waals surface area contributed by atoms with Crippen LogP contribution in [0.3, 0.4) is 0 Å². The zero-order chi connectivity index (χ0) is 9.30. The van der Waals surface area contributed by atoms with Gasteiger partial charge in [0, 0.05) is 7.05 Å². The highest BCUT2D eigenvalue weighted by Crippen LogP contribution is 2.19. The second-order valence-electron chi connectivity index (χ2n) is 1.96. The average Bonchev–Trinajstić information content (AvgIpc) is 2.30. The van der Waals surface area contributed by atoms with Gasteiger partial charge in [0.1, 0.15) is 6.20 Å². The minimum atomic E-state index is -2.38. The zero-order valence-corrected chi connectivity index (χ0v) is 6.82. The van der Waals surface area contributed by atoms with E-state index in [9.17, 15) is 14.3 Å². The number of aromatic nitrogens is 2. The lowest BCUT2D eigenvalue weighted by molar-refractivity contribution is -0.388. The van der Waals surface area contributed by atoms with Crippen LogP contribution in [0, 0.1) is 10.1 Å². The normalized spacial score (nSPS) is 12.8. The van der Waals surface area contributed by atoms with Crippen molar-refractivity contribution in [2.45, 2.75) is 5.03 Å². The Bertz CT molecular complexity index is 346. The first-order valence-corrected chi connectivity index (χ1v) is 3.92. The van der Waals surface area contributed by atoms with Crippen molar-refractivity contribution in [1.82, 2.24) is 9.78 Å². The molecule has 1 aromatic rings. The van der Waals surface area contributed by atoms with Crippen molar-refractivity contribution in [1.29, 1.82) is 0 Å². The first-order chi connectivity index (χ1) is 5.54. The Hall–Kier alpha value is -1.28. The average molecular weight is 191 g/mol. The molecule has 0 spiro atoms. The third kappa shape index (κ3) is 1.34. The number of hydrogen-bond donors (Lipinski definition) is 1. The van der Waals surface area contributed by atoms with Gasteiger partial charge >= 0.3 is 5.69 Å². The largest absolute Gasteiger partial charge is 0.325 e. The Morgan fingerprint density at radius 1 is 1.83 bits per heavy atom. The van der Waals surface area contributed by atoms with Gasteiger partial charge in [0.2, 0.25) is 16.1 Å². The maximum absolute atomic E-state index is 10.6. The van der Waals surface area contributed by atoms with Crippen LogP contribution in [-0.2, 0) is 18.1 Å². The van der Waals surface area contributed by atoms with Crippen molar-refractivity contribution in [2.24, 2.45) is 7.05 Å². The Morgan fingerprint density at radius 3 is 2.75 bits per heavy atom. The molecule has 66 valence electrons. The van der Waals surface area contributed by atoms with Gasteiger partial charge in [-0.05, 0) is 0 Å². The molecule has 1 aromatic heterocycles. The summed E-state index contributed by atoms with van der Waals surface area (Å²) in [6.07, 6.45) is 0.934. The van der Waals surface area contributed by atoms with Gasteiger partial charge in [0.15, 0.2) is 0 Å². The van der Waals surface area contributed by atoms with Crippen LogP contribution in [0.4, 0.5) is 5.69 Å². The Labute approximate surface area is 69.4 Å². The van der Waals surface area contributed by atoms with Crippen molar-refractivity contribution in [2.75, 3.05) is 0 Å². The molecule has 0 amide bonds. The molecule has 0 aliphatic carbocycles. The number of hydrogen-bond acceptors (Lipinski definition) is 4. The Kier molecular flexibility index (Phi) is 2.20. The molecule has 7 nitrogen and oxygen atoms in total. The van der Waals surface area contributed by atoms with E-state index in [1.54, 1.807) is 0 Å². The maximum Gasteiger partial charge on any atom is 0.325 e. The molecule has 12 heavy (non-hydrogen) atoms. The number of aryl methyl sites for hydroxylation is 1. The predicted molar refractivity (Wildman–Crippen MR) is 38.9 cm³/mol. The van der Waals surface area contributed by atoms with Crippen LogP contribution in [-0.4, -0.2) is 23.5 Å². The van der Waals surface area contributed by atoms with Crippen LogP contribution in [0.25, 0.3) is 0 Å². The fourth-order valence-electron chi connectivity index (χ4n) is 0.742. The minimum Gasteiger partial charge on any atom is -0.301 e. The topological polar surface area (TPSA) is 98.3 Å². The van der Waals surface area contributed by atoms with Crippen LogP contribution in [0.15, 0.2) is 11.2 Å². The molecule has 1 atom stereocenters. The molecule has 1 unspecified atom stereocenters. The predicted octanol–water partition coefficient (Wildman–Crippen LogP) is -0.0911. The van der Waals surface area contributed by atoms with E-state index >= 15 is 0 Å². The van der Waals surface area contributed by atoms with Crippen molar-refractivity contribution in [3.05, 3.63) is 16.3 Å². The molecular weight excluding hydrogens is 186 g/mol. The molecule has 0 saturated carbocycles. The number of nitrogens with zero attached hydrogens (tertiary/aromatic N) is 3. The zero-order valence-electron chi connectivity index (χ0n) is 6.00. The Morgan fingerprint density at radius 2 is 2.42 bits per heavy atom. The standard InChI is InChI=1S/C4H5N3O4S/c1-6-4(12(10)11)3(2-5-6)7(8)9/h2H,1H3,(H,10,11). The summed E-state index contributed by atoms with van der Waals surface area (Å²) in [7, 11) is 1.36. The fourth-order valence-corrected chi connectivity index (χ4v) is 1.32. The molecule has 8 heteroatoms. The molecule has 0 aliphatic rings. The van der Waals surface area contributed by atoms with Crippen molar-refractivity contribution < 1.29 is 13.7 Å². The lowest BCUT2D eigenvalue weighted by Crippen LogP contribution is -2.02. The highest BCUT2D eigenvalue weighted by Gasteiger charge is 2.23. The molecule has 0 aliphatic heterocycles. The lowest BCUT2D eigenvalue weighted by Gasteiger charge is -1.93. The quantitative estimate of drug-likeness (QED) is 0.400. The third-order valence-electron chi connectivity index (χ3n) is 1.23. The van der Waals surface area contributed by atoms with Crippen molar-refractivity contribution >= 4 is 16.8 Å². The van der Waals surface area contributed by atoms with Gasteiger partial charge in [-0.25, -0.2) is 4.21 Å². The van der Waals surface area contributed by atoms with Gasteiger partial charge in [-0.15, -0.1) is 0 Å². The third-order valence-corrected chi connectivity index (χ3v) is 2.03. The molecule has 1 rings (SSSR count).